The number of rotatable bonds is 0. The summed E-state index contributed by atoms with van der Waals surface area (Å²) < 4.78 is 8.33. The maximum atomic E-state index is 10.2. The van der Waals surface area contributed by atoms with Crippen LogP contribution in [0.5, 0.6) is 0 Å². The Hall–Kier alpha value is -1.06. The first-order valence-corrected chi connectivity index (χ1v) is 1.93. The normalized spacial score (nSPS) is 7.75. The highest BCUT2D eigenvalue weighted by Gasteiger charge is 2.06. The van der Waals surface area contributed by atoms with Gasteiger partial charge in [0.15, 0.2) is 0 Å². The molecule has 0 spiro atoms. The zero-order valence-corrected chi connectivity index (χ0v) is 4.72. The number of nitrogens with one attached hydrogen (secondary N) is 1. The molecule has 1 N–H and O–H groups in total. The molecule has 0 aliphatic carbocycles. The highest BCUT2D eigenvalue weighted by molar-refractivity contribution is 6.31. The molecule has 46 valence electrons. The number of hydrogen-bond acceptors (Lipinski definition) is 4. The Morgan fingerprint density at radius 1 is 1.38 bits per heavy atom. The molecule has 4 heteroatoms. The molecule has 0 fully saturated rings. The first-order chi connectivity index (χ1) is 3.72. The average Bonchev–Trinajstić information content (AvgIpc) is 1.84. The second kappa shape index (κ2) is 3.01. The van der Waals surface area contributed by atoms with Gasteiger partial charge in [-0.05, 0) is 0 Å². The van der Waals surface area contributed by atoms with E-state index in [0.29, 0.717) is 0 Å². The molecule has 0 aromatic carbocycles. The van der Waals surface area contributed by atoms with Gasteiger partial charge in [-0.25, -0.2) is 4.79 Å². The summed E-state index contributed by atoms with van der Waals surface area (Å²) in [4.78, 5) is 10.2. The molecule has 0 bridgehead atoms. The van der Waals surface area contributed by atoms with E-state index in [9.17, 15) is 4.79 Å². The Kier molecular flexibility index (Phi) is 2.61. The zero-order valence-electron chi connectivity index (χ0n) is 4.72. The molecule has 8 heavy (non-hydrogen) atoms. The predicted octanol–water partition coefficient (Wildman–Crippen LogP) is -0.217. The van der Waals surface area contributed by atoms with E-state index in [1.54, 1.807) is 0 Å². The summed E-state index contributed by atoms with van der Waals surface area (Å²) in [6.45, 7) is 0. The molecule has 4 nitrogen and oxygen atoms in total. The topological polar surface area (TPSA) is 59.4 Å². The van der Waals surface area contributed by atoms with Gasteiger partial charge in [-0.2, -0.15) is 0 Å². The number of esters is 1. The van der Waals surface area contributed by atoms with E-state index in [1.807, 2.05) is 0 Å². The molecule has 0 aromatic rings. The van der Waals surface area contributed by atoms with Gasteiger partial charge in [0.1, 0.15) is 0 Å². The van der Waals surface area contributed by atoms with Crippen LogP contribution >= 0.6 is 0 Å². The van der Waals surface area contributed by atoms with Crippen molar-refractivity contribution in [1.82, 2.24) is 0 Å². The lowest BCUT2D eigenvalue weighted by molar-refractivity contribution is -0.134. The molecular weight excluding hydrogens is 110 g/mol. The quantitative estimate of drug-likeness (QED) is 0.271. The minimum Gasteiger partial charge on any atom is -0.476 e. The number of hydrogen-bond donors (Lipinski definition) is 1. The Morgan fingerprint density at radius 2 is 1.88 bits per heavy atom. The van der Waals surface area contributed by atoms with Crippen LogP contribution in [0.15, 0.2) is 0 Å². The van der Waals surface area contributed by atoms with Crippen LogP contribution in [0.25, 0.3) is 0 Å². The van der Waals surface area contributed by atoms with Crippen molar-refractivity contribution in [3.63, 3.8) is 0 Å². The highest BCUT2D eigenvalue weighted by atomic mass is 16.6. The van der Waals surface area contributed by atoms with Crippen molar-refractivity contribution in [2.45, 2.75) is 0 Å². The Labute approximate surface area is 46.9 Å². The van der Waals surface area contributed by atoms with Gasteiger partial charge in [-0.15, -0.1) is 0 Å². The van der Waals surface area contributed by atoms with Crippen LogP contribution in [-0.4, -0.2) is 26.1 Å². The third-order valence-electron chi connectivity index (χ3n) is 0.575. The van der Waals surface area contributed by atoms with Crippen LogP contribution in [0.4, 0.5) is 0 Å². The maximum absolute atomic E-state index is 10.2. The van der Waals surface area contributed by atoms with Gasteiger partial charge in [-0.1, -0.05) is 0 Å². The molecule has 0 atom stereocenters. The predicted molar refractivity (Wildman–Crippen MR) is 26.8 cm³/mol. The van der Waals surface area contributed by atoms with Crippen molar-refractivity contribution < 1.29 is 14.3 Å². The summed E-state index contributed by atoms with van der Waals surface area (Å²) in [5.74, 6) is -1.24. The van der Waals surface area contributed by atoms with Gasteiger partial charge in [0, 0.05) is 0 Å². The summed E-state index contributed by atoms with van der Waals surface area (Å²) in [5.41, 5.74) is 0. The van der Waals surface area contributed by atoms with Crippen molar-refractivity contribution in [2.75, 3.05) is 14.2 Å². The van der Waals surface area contributed by atoms with Gasteiger partial charge >= 0.3 is 5.97 Å². The molecule has 0 aliphatic rings. The van der Waals surface area contributed by atoms with Crippen molar-refractivity contribution >= 4 is 11.9 Å². The highest BCUT2D eigenvalue weighted by Crippen LogP contribution is 1.76. The van der Waals surface area contributed by atoms with Crippen molar-refractivity contribution in [2.24, 2.45) is 0 Å². The lowest BCUT2D eigenvalue weighted by Gasteiger charge is -1.96. The average molecular weight is 117 g/mol. The van der Waals surface area contributed by atoms with E-state index in [4.69, 9.17) is 5.41 Å². The zero-order chi connectivity index (χ0) is 6.57. The van der Waals surface area contributed by atoms with E-state index in [2.05, 4.69) is 9.47 Å². The van der Waals surface area contributed by atoms with Gasteiger partial charge < -0.3 is 9.47 Å². The lowest BCUT2D eigenvalue weighted by atomic mass is 10.7. The number of methoxy groups -OCH3 is 2. The summed E-state index contributed by atoms with van der Waals surface area (Å²) in [6, 6.07) is 0. The van der Waals surface area contributed by atoms with E-state index in [-0.39, 0.29) is 0 Å². The lowest BCUT2D eigenvalue weighted by Crippen LogP contribution is -2.15. The van der Waals surface area contributed by atoms with Crippen LogP contribution in [-0.2, 0) is 14.3 Å². The van der Waals surface area contributed by atoms with Gasteiger partial charge in [-0.3, -0.25) is 5.41 Å². The summed E-state index contributed by atoms with van der Waals surface area (Å²) in [5, 5.41) is 6.65. The number of carbonyl (C=O) groups excluding carboxylic acids is 1. The molecule has 0 aliphatic heterocycles. The first kappa shape index (κ1) is 6.94. The molecule has 0 rings (SSSR count). The number of carbonyl (C=O) groups is 1. The van der Waals surface area contributed by atoms with E-state index < -0.39 is 11.9 Å². The fourth-order valence-corrected chi connectivity index (χ4v) is 0.176. The largest absolute Gasteiger partial charge is 0.476 e. The number of ether oxygens (including phenoxy) is 2. The Balaban J connectivity index is 3.64. The minimum atomic E-state index is -0.757. The van der Waals surface area contributed by atoms with Crippen LogP contribution in [0, 0.1) is 5.41 Å². The fourth-order valence-electron chi connectivity index (χ4n) is 0.176. The monoisotopic (exact) mass is 117 g/mol. The van der Waals surface area contributed by atoms with E-state index >= 15 is 0 Å². The maximum Gasteiger partial charge on any atom is 0.393 e. The molecule has 0 saturated heterocycles. The standard InChI is InChI=1S/C4H7NO3/c1-7-3(5)4(6)8-2/h5H,1-2H3. The second-order valence-electron chi connectivity index (χ2n) is 1.02. The molecular formula is C4H7NO3. The fraction of sp³-hybridized carbons (Fsp3) is 0.500. The van der Waals surface area contributed by atoms with Crippen LogP contribution in [0.1, 0.15) is 0 Å². The molecule has 0 saturated carbocycles. The van der Waals surface area contributed by atoms with E-state index in [0.717, 1.165) is 0 Å². The molecule has 0 heterocycles. The molecule has 0 unspecified atom stereocenters. The smallest absolute Gasteiger partial charge is 0.393 e. The minimum absolute atomic E-state index is 0.479. The Bertz CT molecular complexity index is 95.9. The SMILES string of the molecule is COC(=N)C(=O)OC. The molecule has 0 radical (unpaired) electrons. The van der Waals surface area contributed by atoms with Crippen molar-refractivity contribution in [3.05, 3.63) is 0 Å². The van der Waals surface area contributed by atoms with Gasteiger partial charge in [0.05, 0.1) is 14.2 Å². The van der Waals surface area contributed by atoms with Gasteiger partial charge in [0.2, 0.25) is 0 Å². The van der Waals surface area contributed by atoms with E-state index in [1.165, 1.54) is 14.2 Å². The molecule has 0 amide bonds. The summed E-state index contributed by atoms with van der Waals surface area (Å²) in [6.07, 6.45) is 0. The Morgan fingerprint density at radius 3 is 2.00 bits per heavy atom. The third-order valence-corrected chi connectivity index (χ3v) is 0.575. The summed E-state index contributed by atoms with van der Waals surface area (Å²) >= 11 is 0. The van der Waals surface area contributed by atoms with Crippen LogP contribution < -0.4 is 0 Å². The van der Waals surface area contributed by atoms with Crippen molar-refractivity contribution in [1.29, 1.82) is 5.41 Å². The summed E-state index contributed by atoms with van der Waals surface area (Å²) in [7, 11) is 2.43. The van der Waals surface area contributed by atoms with Gasteiger partial charge in [0.25, 0.3) is 5.90 Å². The first-order valence-electron chi connectivity index (χ1n) is 1.93. The van der Waals surface area contributed by atoms with Crippen LogP contribution in [0.3, 0.4) is 0 Å². The van der Waals surface area contributed by atoms with Crippen molar-refractivity contribution in [3.8, 4) is 0 Å². The van der Waals surface area contributed by atoms with Crippen LogP contribution in [0.2, 0.25) is 0 Å². The third kappa shape index (κ3) is 1.59. The second-order valence-corrected chi connectivity index (χ2v) is 1.02. The molecule has 0 aromatic heterocycles.